The summed E-state index contributed by atoms with van der Waals surface area (Å²) in [4.78, 5) is 14.4. The zero-order chi connectivity index (χ0) is 18.3. The van der Waals surface area contributed by atoms with Crippen molar-refractivity contribution in [2.45, 2.75) is 25.4 Å². The minimum Gasteiger partial charge on any atom is -0.438 e. The molecule has 0 spiro atoms. The van der Waals surface area contributed by atoms with Gasteiger partial charge in [-0.1, -0.05) is 13.8 Å². The van der Waals surface area contributed by atoms with Gasteiger partial charge in [-0.25, -0.2) is 8.42 Å². The minimum absolute atomic E-state index is 0.00896. The average molecular weight is 373 g/mol. The van der Waals surface area contributed by atoms with Gasteiger partial charge in [0, 0.05) is 19.6 Å². The van der Waals surface area contributed by atoms with E-state index in [1.807, 2.05) is 0 Å². The molecule has 1 aliphatic rings. The second-order valence-corrected chi connectivity index (χ2v) is 7.64. The summed E-state index contributed by atoms with van der Waals surface area (Å²) in [5.74, 6) is -0.391. The van der Waals surface area contributed by atoms with Crippen LogP contribution in [0.15, 0.2) is 21.6 Å². The first-order valence-electron chi connectivity index (χ1n) is 8.67. The van der Waals surface area contributed by atoms with Crippen molar-refractivity contribution in [2.24, 2.45) is 0 Å². The molecule has 0 bridgehead atoms. The van der Waals surface area contributed by atoms with Crippen LogP contribution in [0.25, 0.3) is 0 Å². The standard InChI is InChI=1S/C16H27N3O5S/c1-3-18(4-2)9-5-8-17-16(20)14-6-7-15(24-14)25(21,22)19-10-12-23-13-11-19/h6-7H,3-5,8-13H2,1-2H3,(H,17,20). The lowest BCUT2D eigenvalue weighted by atomic mass is 10.3. The number of rotatable bonds is 9. The lowest BCUT2D eigenvalue weighted by molar-refractivity contribution is 0.0722. The predicted octanol–water partition coefficient (Wildman–Crippen LogP) is 0.762. The first kappa shape index (κ1) is 19.9. The van der Waals surface area contributed by atoms with Crippen LogP contribution in [0.1, 0.15) is 30.8 Å². The molecule has 0 unspecified atom stereocenters. The highest BCUT2D eigenvalue weighted by molar-refractivity contribution is 7.89. The van der Waals surface area contributed by atoms with E-state index < -0.39 is 15.9 Å². The van der Waals surface area contributed by atoms with Crippen molar-refractivity contribution in [3.05, 3.63) is 17.9 Å². The Bertz CT molecular complexity index is 648. The number of carbonyl (C=O) groups is 1. The predicted molar refractivity (Wildman–Crippen MR) is 93.0 cm³/mol. The molecule has 9 heteroatoms. The SMILES string of the molecule is CCN(CC)CCCNC(=O)c1ccc(S(=O)(=O)N2CCOCC2)o1. The van der Waals surface area contributed by atoms with Crippen molar-refractivity contribution in [1.82, 2.24) is 14.5 Å². The van der Waals surface area contributed by atoms with Gasteiger partial charge in [-0.3, -0.25) is 4.79 Å². The molecule has 25 heavy (non-hydrogen) atoms. The Morgan fingerprint density at radius 3 is 2.56 bits per heavy atom. The molecule has 0 aromatic carbocycles. The molecule has 2 heterocycles. The molecule has 2 rings (SSSR count). The highest BCUT2D eigenvalue weighted by Gasteiger charge is 2.29. The molecule has 1 N–H and O–H groups in total. The number of hydrogen-bond acceptors (Lipinski definition) is 6. The first-order valence-corrected chi connectivity index (χ1v) is 10.1. The zero-order valence-corrected chi connectivity index (χ0v) is 15.7. The molecule has 0 saturated carbocycles. The first-order chi connectivity index (χ1) is 12.0. The molecular weight excluding hydrogens is 346 g/mol. The van der Waals surface area contributed by atoms with E-state index in [1.165, 1.54) is 16.4 Å². The van der Waals surface area contributed by atoms with Gasteiger partial charge in [0.25, 0.3) is 15.9 Å². The third kappa shape index (κ3) is 5.27. The topological polar surface area (TPSA) is 92.1 Å². The Morgan fingerprint density at radius 1 is 1.24 bits per heavy atom. The monoisotopic (exact) mass is 373 g/mol. The molecule has 0 atom stereocenters. The summed E-state index contributed by atoms with van der Waals surface area (Å²) in [7, 11) is -3.72. The van der Waals surface area contributed by atoms with Gasteiger partial charge in [0.05, 0.1) is 13.2 Å². The fraction of sp³-hybridized carbons (Fsp3) is 0.688. The molecule has 1 aromatic heterocycles. The third-order valence-corrected chi connectivity index (χ3v) is 5.97. The normalized spacial score (nSPS) is 16.3. The number of furan rings is 1. The van der Waals surface area contributed by atoms with Crippen molar-refractivity contribution >= 4 is 15.9 Å². The summed E-state index contributed by atoms with van der Waals surface area (Å²) in [6.07, 6.45) is 0.826. The minimum atomic E-state index is -3.72. The van der Waals surface area contributed by atoms with E-state index in [-0.39, 0.29) is 23.9 Å². The Labute approximate surface area is 149 Å². The van der Waals surface area contributed by atoms with E-state index in [1.54, 1.807) is 0 Å². The van der Waals surface area contributed by atoms with Crippen molar-refractivity contribution in [1.29, 1.82) is 0 Å². The summed E-state index contributed by atoms with van der Waals surface area (Å²) in [5.41, 5.74) is 0. The van der Waals surface area contributed by atoms with E-state index >= 15 is 0 Å². The van der Waals surface area contributed by atoms with E-state index in [0.29, 0.717) is 19.8 Å². The number of hydrogen-bond donors (Lipinski definition) is 1. The van der Waals surface area contributed by atoms with Crippen LogP contribution in [0.3, 0.4) is 0 Å². The summed E-state index contributed by atoms with van der Waals surface area (Å²) in [6, 6.07) is 2.72. The summed E-state index contributed by atoms with van der Waals surface area (Å²) in [5, 5.41) is 2.55. The number of nitrogens with zero attached hydrogens (tertiary/aromatic N) is 2. The van der Waals surface area contributed by atoms with E-state index in [0.717, 1.165) is 26.1 Å². The Morgan fingerprint density at radius 2 is 1.92 bits per heavy atom. The van der Waals surface area contributed by atoms with Crippen LogP contribution in [0.4, 0.5) is 0 Å². The van der Waals surface area contributed by atoms with Gasteiger partial charge in [0.2, 0.25) is 5.09 Å². The summed E-state index contributed by atoms with van der Waals surface area (Å²) in [6.45, 7) is 8.87. The smallest absolute Gasteiger partial charge is 0.287 e. The highest BCUT2D eigenvalue weighted by Crippen LogP contribution is 2.19. The van der Waals surface area contributed by atoms with Crippen LogP contribution in [-0.2, 0) is 14.8 Å². The number of ether oxygens (including phenoxy) is 1. The molecule has 1 saturated heterocycles. The molecular formula is C16H27N3O5S. The Kier molecular flexibility index (Phi) is 7.42. The quantitative estimate of drug-likeness (QED) is 0.643. The van der Waals surface area contributed by atoms with Gasteiger partial charge in [-0.2, -0.15) is 4.31 Å². The van der Waals surface area contributed by atoms with Gasteiger partial charge < -0.3 is 19.4 Å². The molecule has 8 nitrogen and oxygen atoms in total. The van der Waals surface area contributed by atoms with Crippen molar-refractivity contribution in [2.75, 3.05) is 52.5 Å². The molecule has 0 aliphatic carbocycles. The molecule has 1 fully saturated rings. The number of nitrogens with one attached hydrogen (secondary N) is 1. The number of sulfonamides is 1. The van der Waals surface area contributed by atoms with E-state index in [2.05, 4.69) is 24.1 Å². The molecule has 1 aromatic rings. The van der Waals surface area contributed by atoms with Crippen LogP contribution in [0.5, 0.6) is 0 Å². The van der Waals surface area contributed by atoms with E-state index in [9.17, 15) is 13.2 Å². The molecule has 142 valence electrons. The van der Waals surface area contributed by atoms with Crippen LogP contribution in [0.2, 0.25) is 0 Å². The maximum absolute atomic E-state index is 12.5. The third-order valence-electron chi connectivity index (χ3n) is 4.20. The van der Waals surface area contributed by atoms with Gasteiger partial charge in [0.15, 0.2) is 5.76 Å². The van der Waals surface area contributed by atoms with Gasteiger partial charge in [-0.15, -0.1) is 0 Å². The molecule has 0 radical (unpaired) electrons. The second kappa shape index (κ2) is 9.33. The molecule has 1 aliphatic heterocycles. The fourth-order valence-corrected chi connectivity index (χ4v) is 3.95. The number of carbonyl (C=O) groups excluding carboxylic acids is 1. The highest BCUT2D eigenvalue weighted by atomic mass is 32.2. The largest absolute Gasteiger partial charge is 0.438 e. The Hall–Kier alpha value is -1.42. The van der Waals surface area contributed by atoms with Gasteiger partial charge in [0.1, 0.15) is 0 Å². The molecule has 1 amide bonds. The zero-order valence-electron chi connectivity index (χ0n) is 14.9. The number of morpholine rings is 1. The maximum Gasteiger partial charge on any atom is 0.287 e. The maximum atomic E-state index is 12.5. The lowest BCUT2D eigenvalue weighted by Gasteiger charge is -2.24. The fourth-order valence-electron chi connectivity index (χ4n) is 2.63. The average Bonchev–Trinajstić information content (AvgIpc) is 3.13. The summed E-state index contributed by atoms with van der Waals surface area (Å²) < 4.78 is 36.7. The van der Waals surface area contributed by atoms with Gasteiger partial charge >= 0.3 is 0 Å². The number of amides is 1. The van der Waals surface area contributed by atoms with Crippen LogP contribution >= 0.6 is 0 Å². The van der Waals surface area contributed by atoms with Crippen molar-refractivity contribution in [3.8, 4) is 0 Å². The van der Waals surface area contributed by atoms with E-state index in [4.69, 9.17) is 9.15 Å². The van der Waals surface area contributed by atoms with Crippen LogP contribution < -0.4 is 5.32 Å². The van der Waals surface area contributed by atoms with Crippen LogP contribution in [0, 0.1) is 0 Å². The van der Waals surface area contributed by atoms with Crippen LogP contribution in [-0.4, -0.2) is 76.0 Å². The Balaban J connectivity index is 1.88. The van der Waals surface area contributed by atoms with Crippen molar-refractivity contribution in [3.63, 3.8) is 0 Å². The van der Waals surface area contributed by atoms with Gasteiger partial charge in [-0.05, 0) is 38.2 Å². The second-order valence-electron chi connectivity index (χ2n) is 5.77. The lowest BCUT2D eigenvalue weighted by Crippen LogP contribution is -2.40. The van der Waals surface area contributed by atoms with Crippen molar-refractivity contribution < 1.29 is 22.4 Å². The summed E-state index contributed by atoms with van der Waals surface area (Å²) >= 11 is 0.